The summed E-state index contributed by atoms with van der Waals surface area (Å²) >= 11 is 23.4. The number of rotatable bonds is 17. The summed E-state index contributed by atoms with van der Waals surface area (Å²) in [5, 5.41) is 14.8. The largest absolute Gasteiger partial charge is 1.00 e. The van der Waals surface area contributed by atoms with Gasteiger partial charge in [0, 0.05) is 187 Å². The quantitative estimate of drug-likeness (QED) is 0.00823. The van der Waals surface area contributed by atoms with E-state index in [2.05, 4.69) is 160 Å². The zero-order valence-electron chi connectivity index (χ0n) is 74.4. The summed E-state index contributed by atoms with van der Waals surface area (Å²) in [6.07, 6.45) is 18.7. The predicted octanol–water partition coefficient (Wildman–Crippen LogP) is 8.41. The van der Waals surface area contributed by atoms with Gasteiger partial charge in [0.15, 0.2) is 5.69 Å². The van der Waals surface area contributed by atoms with Crippen molar-refractivity contribution in [2.24, 2.45) is 50.1 Å². The van der Waals surface area contributed by atoms with Crippen molar-refractivity contribution in [2.45, 2.75) is 163 Å². The number of aliphatic imine (C=N–C) groups is 3. The number of nitrogens with zero attached hydrogens (tertiary/aromatic N) is 11. The number of ether oxygens (including phenoxy) is 13. The monoisotopic (exact) mass is 2210 g/mol. The van der Waals surface area contributed by atoms with Crippen molar-refractivity contribution in [3.63, 3.8) is 0 Å². The number of imidazole rings is 2. The van der Waals surface area contributed by atoms with E-state index in [1.807, 2.05) is 43.0 Å². The minimum absolute atomic E-state index is 0. The fourth-order valence-electron chi connectivity index (χ4n) is 13.1. The summed E-state index contributed by atoms with van der Waals surface area (Å²) in [5.74, 6) is 6.29. The number of aldehydes is 1. The third-order valence-electron chi connectivity index (χ3n) is 19.8. The van der Waals surface area contributed by atoms with Gasteiger partial charge in [-0.15, -0.1) is 0 Å². The van der Waals surface area contributed by atoms with Crippen molar-refractivity contribution >= 4 is 168 Å². The molecule has 0 spiro atoms. The number of fused-ring (bicyclic) bond motifs is 2. The summed E-state index contributed by atoms with van der Waals surface area (Å²) in [4.78, 5) is 105. The van der Waals surface area contributed by atoms with E-state index < -0.39 is 23.6 Å². The second kappa shape index (κ2) is 67.5. The molecular formula is C82H128BCl4F3I2N19NaO20P. The van der Waals surface area contributed by atoms with Gasteiger partial charge in [0.2, 0.25) is 64.6 Å². The van der Waals surface area contributed by atoms with E-state index in [1.54, 1.807) is 53.2 Å². The Bertz CT molecular complexity index is 4410. The van der Waals surface area contributed by atoms with Crippen LogP contribution in [0.3, 0.4) is 0 Å². The Hall–Kier alpha value is -6.81. The van der Waals surface area contributed by atoms with Crippen LogP contribution in [0.25, 0.3) is 11.0 Å². The molecule has 6 saturated heterocycles. The molecule has 10 N–H and O–H groups in total. The van der Waals surface area contributed by atoms with Gasteiger partial charge in [-0.05, 0) is 181 Å². The molecule has 14 heterocycles. The Balaban J connectivity index is 0. The zero-order valence-corrected chi connectivity index (χ0v) is 83.6. The van der Waals surface area contributed by atoms with E-state index in [1.165, 1.54) is 21.3 Å². The molecule has 743 valence electrons. The van der Waals surface area contributed by atoms with E-state index in [-0.39, 0.29) is 140 Å². The van der Waals surface area contributed by atoms with Crippen LogP contribution in [-0.4, -0.2) is 273 Å². The van der Waals surface area contributed by atoms with Crippen molar-refractivity contribution in [3.8, 4) is 17.6 Å². The molecule has 0 saturated carbocycles. The maximum Gasteiger partial charge on any atom is 1.00 e. The SMILES string of the molecule is C.C.C.C.COC(=O)c1cn2c(C3CCOCC3)ncc2c(OC)n1.COC1=NC(C)=CNC1CNC(=O)C1CCOCC1.COC1=NC(I)=CNC1CNC(=O)C1CCOCC1.COC1=NC(N)=CNC1CNC(=O)C1CCOCC1.COc1nc(C)cnc1CN.COc1nc(I)cn2c(C3CCOCC3)ncc12.O=C(Cl)C1CCOCC1.O=CC(F)(F)F.O=P(Cl)(Cl)Cl.[B].[H-].[Na+]. The van der Waals surface area contributed by atoms with Crippen LogP contribution in [-0.2, 0) is 82.5 Å². The number of halogens is 9. The molecule has 39 nitrogen and oxygen atoms in total. The van der Waals surface area contributed by atoms with E-state index in [4.69, 9.17) is 89.4 Å². The maximum atomic E-state index is 12.0. The number of carbonyl (C=O) groups excluding carboxylic acids is 6. The van der Waals surface area contributed by atoms with Gasteiger partial charge in [-0.25, -0.2) is 39.7 Å². The summed E-state index contributed by atoms with van der Waals surface area (Å²) in [5.41, 5.74) is 15.2. The number of hydrogen-bond donors (Lipinski definition) is 8. The first kappa shape index (κ1) is 126. The molecule has 9 aliphatic heterocycles. The number of alkyl halides is 3. The van der Waals surface area contributed by atoms with Crippen LogP contribution in [0.5, 0.6) is 17.6 Å². The molecule has 0 aromatic carbocycles. The zero-order chi connectivity index (χ0) is 93.0. The van der Waals surface area contributed by atoms with Crippen molar-refractivity contribution in [1.29, 1.82) is 0 Å². The number of nitrogens with one attached hydrogen (secondary N) is 6. The molecule has 5 aromatic rings. The van der Waals surface area contributed by atoms with Gasteiger partial charge in [-0.3, -0.25) is 42.3 Å². The molecule has 14 rings (SSSR count). The summed E-state index contributed by atoms with van der Waals surface area (Å²) in [6.45, 7) is 13.9. The number of amides is 3. The summed E-state index contributed by atoms with van der Waals surface area (Å²) in [7, 11) is 10.8. The molecule has 5 aromatic heterocycles. The Morgan fingerprint density at radius 1 is 0.541 bits per heavy atom. The molecule has 51 heteroatoms. The van der Waals surface area contributed by atoms with Gasteiger partial charge < -0.3 is 106 Å². The average molecular weight is 2220 g/mol. The molecule has 0 bridgehead atoms. The average Bonchev–Trinajstić information content (AvgIpc) is 1.60. The molecule has 9 aliphatic rings. The Morgan fingerprint density at radius 2 is 0.895 bits per heavy atom. The molecule has 3 atom stereocenters. The topological polar surface area (TPSA) is 487 Å². The summed E-state index contributed by atoms with van der Waals surface area (Å²) in [6, 6.07) is -0.383. The molecule has 0 aliphatic carbocycles. The molecular weight excluding hydrogens is 2090 g/mol. The first-order valence-corrected chi connectivity index (χ1v) is 47.2. The molecule has 3 amide bonds. The fourth-order valence-corrected chi connectivity index (χ4v) is 14.3. The fraction of sp³-hybridized carbons (Fsp3) is 0.622. The van der Waals surface area contributed by atoms with Crippen LogP contribution in [0, 0.1) is 34.3 Å². The van der Waals surface area contributed by atoms with Gasteiger partial charge in [0.25, 0.3) is 0 Å². The van der Waals surface area contributed by atoms with Crippen molar-refractivity contribution in [3.05, 3.63) is 97.2 Å². The summed E-state index contributed by atoms with van der Waals surface area (Å²) < 4.78 is 114. The number of nitrogens with two attached hydrogens (primary N) is 2. The van der Waals surface area contributed by atoms with Gasteiger partial charge in [0.05, 0.1) is 73.6 Å². The van der Waals surface area contributed by atoms with Gasteiger partial charge in [-0.2, -0.15) is 18.2 Å². The van der Waals surface area contributed by atoms with Crippen LogP contribution in [0.1, 0.15) is 160 Å². The second-order valence-corrected chi connectivity index (χ2v) is 37.7. The Kier molecular flexibility index (Phi) is 64.0. The van der Waals surface area contributed by atoms with Crippen LogP contribution < -0.4 is 87.1 Å². The van der Waals surface area contributed by atoms with E-state index in [9.17, 15) is 41.7 Å². The number of methoxy groups -OCH3 is 7. The van der Waals surface area contributed by atoms with Crippen LogP contribution >= 0.6 is 95.7 Å². The number of aryl methyl sites for hydroxylation is 1. The second-order valence-electron chi connectivity index (χ2n) is 28.5. The van der Waals surface area contributed by atoms with Crippen LogP contribution in [0.15, 0.2) is 79.8 Å². The molecule has 3 unspecified atom stereocenters. The molecule has 3 radical (unpaired) electrons. The van der Waals surface area contributed by atoms with Gasteiger partial charge in [-0.1, -0.05) is 29.7 Å². The van der Waals surface area contributed by atoms with Crippen molar-refractivity contribution < 1.29 is 139 Å². The standard InChI is InChI=1S/C14H17N3O4.C13H21N3O3.C12H18IN3O3.C12H14IN3O2.C12H20N4O3.C7H11N3O.C6H9ClO2.C2HF3O.4CH4.B.Cl3OP.Na.H/c1-19-13-11-7-15-12(9-3-5-21-6-4-9)17(11)8-10(16-13)14(18)20-2;1-9-7-14-11(13(16-9)18-2)8-15-12(17)10-3-5-19-6-4-10;1-18-12-9(14-7-10(13)16-12)6-15-11(17)8-2-4-19-5-3-8;1-17-12-9-6-14-11(8-2-4-18-5-3-8)16(9)7-10(13)15-12;1-18-12-9(14-7-10(13)16-12)6-15-11(17)8-2-4-19-5-3-8;1-5-4-9-6(3-8)7(10-5)11-2;7-6(8)5-1-3-9-4-2-5;3-2(4,5)1-6;;;;;;1-5(2,3)4;;/h7-9H,3-6H2,1-2H3;7,10-11,14H,3-6,8H2,1-2H3,(H,15,17);7-9,14H,2-6H2,1H3,(H,15,17);6-8H,2-5H2,1H3;7-9,14H,2-6,13H2,1H3,(H,15,17);4H,3,8H2,1-2H3;5H,1-4H2;1H;4*1H4;;;;/q;;;;;;;;;;;;;;+1;-1. The van der Waals surface area contributed by atoms with Gasteiger partial charge in [0.1, 0.15) is 59.7 Å². The van der Waals surface area contributed by atoms with Crippen molar-refractivity contribution in [2.75, 3.05) is 149 Å². The van der Waals surface area contributed by atoms with E-state index in [0.29, 0.717) is 138 Å². The number of carbonyl (C=O) groups is 6. The maximum absolute atomic E-state index is 12.0. The number of hydrogen-bond acceptors (Lipinski definition) is 34. The first-order valence-electron chi connectivity index (χ1n) is 40.3. The smallest absolute Gasteiger partial charge is 1.00 e. The Labute approximate surface area is 847 Å². The minimum atomic E-state index is -4.64. The number of esters is 1. The predicted molar refractivity (Wildman–Crippen MR) is 517 cm³/mol. The molecule has 6 fully saturated rings. The van der Waals surface area contributed by atoms with Gasteiger partial charge >= 0.3 is 46.9 Å². The number of allylic oxidation sites excluding steroid dienone is 1. The van der Waals surface area contributed by atoms with Crippen LogP contribution in [0.4, 0.5) is 13.2 Å². The number of aromatic nitrogens is 8. The van der Waals surface area contributed by atoms with Crippen molar-refractivity contribution in [1.82, 2.24) is 70.6 Å². The minimum Gasteiger partial charge on any atom is -1.00 e. The first-order chi connectivity index (χ1) is 60.8. The molecule has 133 heavy (non-hydrogen) atoms. The Morgan fingerprint density at radius 3 is 1.26 bits per heavy atom. The van der Waals surface area contributed by atoms with E-state index >= 15 is 0 Å². The third kappa shape index (κ3) is 45.1. The van der Waals surface area contributed by atoms with E-state index in [0.717, 1.165) is 145 Å². The normalized spacial score (nSPS) is 18.4. The van der Waals surface area contributed by atoms with Crippen LogP contribution in [0.2, 0.25) is 0 Å². The third-order valence-corrected chi connectivity index (χ3v) is 21.1.